The molecule has 0 saturated carbocycles. The van der Waals surface area contributed by atoms with Crippen LogP contribution in [0.15, 0.2) is 104 Å². The van der Waals surface area contributed by atoms with Crippen molar-refractivity contribution < 1.29 is 43.2 Å². The van der Waals surface area contributed by atoms with Gasteiger partial charge in [-0.05, 0) is 132 Å². The first-order chi connectivity index (χ1) is 39.1. The topological polar surface area (TPSA) is 238 Å². The number of nitrogens with zero attached hydrogens (tertiary/aromatic N) is 6. The summed E-state index contributed by atoms with van der Waals surface area (Å²) in [5, 5.41) is 8.20. The van der Waals surface area contributed by atoms with Crippen molar-refractivity contribution >= 4 is 70.2 Å². The minimum absolute atomic E-state index is 0.0614. The van der Waals surface area contributed by atoms with E-state index in [9.17, 15) is 33.6 Å². The third-order valence-corrected chi connectivity index (χ3v) is 18.5. The Bertz CT molecular complexity index is 4260. The molecule has 0 radical (unpaired) electrons. The summed E-state index contributed by atoms with van der Waals surface area (Å²) >= 11 is 0. The Hall–Kier alpha value is -9.84. The minimum Gasteiger partial charge on any atom is -0.325 e. The van der Waals surface area contributed by atoms with Crippen LogP contribution in [0.4, 0.5) is 17.1 Å². The Morgan fingerprint density at radius 1 is 0.420 bits per heavy atom. The summed E-state index contributed by atoms with van der Waals surface area (Å²) in [4.78, 5) is 143. The number of amides is 9. The van der Waals surface area contributed by atoms with Crippen LogP contribution in [0.25, 0.3) is 0 Å². The van der Waals surface area contributed by atoms with E-state index in [4.69, 9.17) is 0 Å². The second kappa shape index (κ2) is 16.4. The van der Waals surface area contributed by atoms with Gasteiger partial charge in [0.15, 0.2) is 0 Å². The van der Waals surface area contributed by atoms with Crippen LogP contribution in [0.1, 0.15) is 188 Å². The standard InChI is InChI=1S/C63H45N9O9/c1-25(73)67-31-8-28(16-64-19-31)22-70-58(76)42-11-36-37(12-43(42)59(70)77)39-13-38(36)48-49(39)53-50-40-14-44-45(61(79)71(60(44)78)23-29-9-32(20-65-17-29)68-26(2)74)15-41(40)51-55(53)54-47-35-7-5-4-6-34(35)46(52(48)54)56(47)62(80)72(63(81)57(50)51)24-30-10-33(21-66-18-30)69-27(3)75/h4-12,14-21,38-39,46-47,50-51,56-57H,13,22-24H2,1-3H3,(H,67,73)(H,68,74)(H,69,75)/t38-,39+,46+,47-,50-,51+,56?,57?/m1/s1. The quantitative estimate of drug-likeness (QED) is 0.121. The number of benzene rings is 4. The summed E-state index contributed by atoms with van der Waals surface area (Å²) in [6.45, 7) is 3.86. The zero-order chi connectivity index (χ0) is 55.3. The molecule has 6 aliphatic carbocycles. The molecule has 7 aromatic rings. The van der Waals surface area contributed by atoms with E-state index >= 15 is 9.59 Å². The molecule has 16 rings (SSSR count). The predicted octanol–water partition coefficient (Wildman–Crippen LogP) is 7.30. The normalized spacial score (nSPS) is 23.6. The molecule has 18 nitrogen and oxygen atoms in total. The van der Waals surface area contributed by atoms with Gasteiger partial charge in [-0.15, -0.1) is 0 Å². The zero-order valence-electron chi connectivity index (χ0n) is 43.6. The molecule has 0 saturated heterocycles. The fourth-order valence-corrected chi connectivity index (χ4v) is 16.0. The van der Waals surface area contributed by atoms with Crippen molar-refractivity contribution in [1.29, 1.82) is 0 Å². The van der Waals surface area contributed by atoms with Gasteiger partial charge in [0.05, 0.1) is 89.4 Å². The molecule has 10 bridgehead atoms. The summed E-state index contributed by atoms with van der Waals surface area (Å²) in [6.07, 6.45) is 9.83. The molecule has 396 valence electrons. The van der Waals surface area contributed by atoms with Crippen molar-refractivity contribution in [2.45, 2.75) is 82.3 Å². The number of aromatic nitrogens is 3. The average Bonchev–Trinajstić information content (AvgIpc) is 1.88. The zero-order valence-corrected chi connectivity index (χ0v) is 43.6. The Morgan fingerprint density at radius 3 is 1.10 bits per heavy atom. The summed E-state index contributed by atoms with van der Waals surface area (Å²) in [5.41, 5.74) is 15.6. The van der Waals surface area contributed by atoms with Crippen molar-refractivity contribution in [3.8, 4) is 0 Å². The maximum Gasteiger partial charge on any atom is 0.261 e. The van der Waals surface area contributed by atoms with Crippen LogP contribution >= 0.6 is 0 Å². The lowest BCUT2D eigenvalue weighted by Gasteiger charge is -2.34. The summed E-state index contributed by atoms with van der Waals surface area (Å²) in [7, 11) is 0. The highest BCUT2D eigenvalue weighted by atomic mass is 16.2. The lowest BCUT2D eigenvalue weighted by atomic mass is 9.69. The van der Waals surface area contributed by atoms with Gasteiger partial charge in [0.2, 0.25) is 29.5 Å². The van der Waals surface area contributed by atoms with Gasteiger partial charge in [0, 0.05) is 74.9 Å². The van der Waals surface area contributed by atoms with Gasteiger partial charge in [-0.2, -0.15) is 0 Å². The maximum absolute atomic E-state index is 16.3. The van der Waals surface area contributed by atoms with Crippen LogP contribution in [0.3, 0.4) is 0 Å². The molecular weight excluding hydrogens is 1030 g/mol. The molecule has 4 aromatic carbocycles. The largest absolute Gasteiger partial charge is 0.325 e. The molecule has 18 heteroatoms. The number of hydrogen-bond acceptors (Lipinski definition) is 12. The van der Waals surface area contributed by atoms with Crippen molar-refractivity contribution in [3.05, 3.63) is 210 Å². The van der Waals surface area contributed by atoms with Crippen LogP contribution in [-0.4, -0.2) is 82.8 Å². The molecule has 2 unspecified atom stereocenters. The van der Waals surface area contributed by atoms with E-state index < -0.39 is 59.1 Å². The number of carbonyl (C=O) groups is 9. The number of rotatable bonds is 9. The highest BCUT2D eigenvalue weighted by Crippen LogP contribution is 2.75. The minimum atomic E-state index is -0.856. The van der Waals surface area contributed by atoms with Crippen LogP contribution < -0.4 is 16.0 Å². The van der Waals surface area contributed by atoms with E-state index in [0.717, 1.165) is 66.8 Å². The van der Waals surface area contributed by atoms with Crippen molar-refractivity contribution in [2.75, 3.05) is 16.0 Å². The first-order valence-corrected chi connectivity index (χ1v) is 27.0. The number of pyridine rings is 3. The number of imide groups is 3. The summed E-state index contributed by atoms with van der Waals surface area (Å²) < 4.78 is 0. The van der Waals surface area contributed by atoms with Gasteiger partial charge in [-0.1, -0.05) is 24.3 Å². The molecular formula is C63H45N9O9. The van der Waals surface area contributed by atoms with E-state index in [0.29, 0.717) is 51.3 Å². The maximum atomic E-state index is 16.3. The fourth-order valence-electron chi connectivity index (χ4n) is 16.0. The number of nitrogens with one attached hydrogen (secondary N) is 3. The Balaban J connectivity index is 0.868. The van der Waals surface area contributed by atoms with Gasteiger partial charge in [-0.25, -0.2) is 0 Å². The Labute approximate surface area is 461 Å². The second-order valence-corrected chi connectivity index (χ2v) is 22.9. The van der Waals surface area contributed by atoms with Crippen molar-refractivity contribution in [2.24, 2.45) is 11.8 Å². The van der Waals surface area contributed by atoms with Gasteiger partial charge < -0.3 is 16.0 Å². The molecule has 6 heterocycles. The third kappa shape index (κ3) is 6.32. The molecule has 0 spiro atoms. The third-order valence-electron chi connectivity index (χ3n) is 18.5. The monoisotopic (exact) mass is 1070 g/mol. The molecule has 3 aliphatic heterocycles. The molecule has 8 atom stereocenters. The first-order valence-electron chi connectivity index (χ1n) is 27.0. The van der Waals surface area contributed by atoms with E-state index in [1.807, 2.05) is 24.3 Å². The number of anilines is 3. The van der Waals surface area contributed by atoms with Gasteiger partial charge in [-0.3, -0.25) is 72.8 Å². The molecule has 3 N–H and O–H groups in total. The molecule has 9 amide bonds. The van der Waals surface area contributed by atoms with Crippen molar-refractivity contribution in [3.63, 3.8) is 0 Å². The fraction of sp³-hybridized carbons (Fsp3) is 0.238. The number of hydrogen-bond donors (Lipinski definition) is 3. The summed E-state index contributed by atoms with van der Waals surface area (Å²) in [6, 6.07) is 20.6. The molecule has 0 fully saturated rings. The van der Waals surface area contributed by atoms with E-state index in [1.165, 1.54) is 54.1 Å². The van der Waals surface area contributed by atoms with Crippen molar-refractivity contribution in [1.82, 2.24) is 29.7 Å². The van der Waals surface area contributed by atoms with E-state index in [2.05, 4.69) is 43.0 Å². The molecule has 81 heavy (non-hydrogen) atoms. The Morgan fingerprint density at radius 2 is 0.741 bits per heavy atom. The van der Waals surface area contributed by atoms with E-state index in [1.54, 1.807) is 48.9 Å². The number of fused-ring (bicyclic) bond motifs is 18. The highest BCUT2D eigenvalue weighted by molar-refractivity contribution is 6.23. The van der Waals surface area contributed by atoms with Gasteiger partial charge >= 0.3 is 0 Å². The Kier molecular flexibility index (Phi) is 9.54. The van der Waals surface area contributed by atoms with Crippen LogP contribution in [0.2, 0.25) is 0 Å². The molecule has 3 aromatic heterocycles. The van der Waals surface area contributed by atoms with E-state index in [-0.39, 0.29) is 72.1 Å². The highest BCUT2D eigenvalue weighted by Gasteiger charge is 2.67. The summed E-state index contributed by atoms with van der Waals surface area (Å²) in [5.74, 6) is -7.67. The predicted molar refractivity (Wildman–Crippen MR) is 288 cm³/mol. The van der Waals surface area contributed by atoms with Gasteiger partial charge in [0.1, 0.15) is 0 Å². The van der Waals surface area contributed by atoms with Crippen LogP contribution in [0, 0.1) is 11.8 Å². The molecule has 9 aliphatic rings. The SMILES string of the molecule is CC(=O)Nc1cncc(CN2C(=O)c3cc4c(cc3C2=O)[C@@H]2C[C@H]4c3c2c2c4c5c3[C@@H]3c6ccccc6[C@H]5C3C(=O)N(Cc3cncc(NC(C)=O)c3)C(=O)C3[C@@H]2c2cc5c(cc2[C@@H]43)C(=O)N(Cc2cncc(NC(C)=O)c2)C5=O)c1. The van der Waals surface area contributed by atoms with Crippen LogP contribution in [0.5, 0.6) is 0 Å². The lowest BCUT2D eigenvalue weighted by molar-refractivity contribution is -0.151. The van der Waals surface area contributed by atoms with Gasteiger partial charge in [0.25, 0.3) is 23.6 Å². The van der Waals surface area contributed by atoms with Crippen LogP contribution in [-0.2, 0) is 43.6 Å². The smallest absolute Gasteiger partial charge is 0.261 e. The lowest BCUT2D eigenvalue weighted by Crippen LogP contribution is -2.45. The average molecular weight is 1070 g/mol. The first kappa shape index (κ1) is 47.2. The second-order valence-electron chi connectivity index (χ2n) is 22.9. The number of carbonyl (C=O) groups excluding carboxylic acids is 9.